The molecule has 116 valence electrons. The zero-order chi connectivity index (χ0) is 16.3. The average Bonchev–Trinajstić information content (AvgIpc) is 2.55. The fraction of sp³-hybridized carbons (Fsp3) is 0.0625. The van der Waals surface area contributed by atoms with Crippen molar-refractivity contribution in [2.45, 2.75) is 6.18 Å². The van der Waals surface area contributed by atoms with Crippen LogP contribution in [0.5, 0.6) is 0 Å². The Bertz CT molecular complexity index is 837. The number of nitrogens with one attached hydrogen (secondary N) is 1. The molecule has 2 aromatic carbocycles. The van der Waals surface area contributed by atoms with Gasteiger partial charge in [-0.3, -0.25) is 5.43 Å². The summed E-state index contributed by atoms with van der Waals surface area (Å²) in [6, 6.07) is 12.3. The van der Waals surface area contributed by atoms with Crippen LogP contribution >= 0.6 is 0 Å². The molecule has 7 heteroatoms. The highest BCUT2D eigenvalue weighted by Gasteiger charge is 2.29. The fourth-order valence-corrected chi connectivity index (χ4v) is 2.04. The van der Waals surface area contributed by atoms with E-state index in [2.05, 4.69) is 20.7 Å². The molecule has 23 heavy (non-hydrogen) atoms. The Labute approximate surface area is 129 Å². The van der Waals surface area contributed by atoms with E-state index in [4.69, 9.17) is 0 Å². The van der Waals surface area contributed by atoms with E-state index in [1.165, 1.54) is 18.3 Å². The number of alkyl halides is 3. The lowest BCUT2D eigenvalue weighted by Crippen LogP contribution is -2.04. The van der Waals surface area contributed by atoms with Crippen molar-refractivity contribution in [3.8, 4) is 0 Å². The Kier molecular flexibility index (Phi) is 3.92. The van der Waals surface area contributed by atoms with Gasteiger partial charge in [0.2, 0.25) is 0 Å². The van der Waals surface area contributed by atoms with Gasteiger partial charge in [0.15, 0.2) is 5.82 Å². The van der Waals surface area contributed by atoms with Crippen molar-refractivity contribution in [3.63, 3.8) is 0 Å². The van der Waals surface area contributed by atoms with Gasteiger partial charge in [-0.1, -0.05) is 36.4 Å². The maximum atomic E-state index is 12.5. The Morgan fingerprint density at radius 1 is 1.00 bits per heavy atom. The lowest BCUT2D eigenvalue weighted by Gasteiger charge is -2.06. The molecule has 0 saturated carbocycles. The van der Waals surface area contributed by atoms with Crippen LogP contribution in [-0.4, -0.2) is 16.4 Å². The van der Waals surface area contributed by atoms with E-state index in [9.17, 15) is 13.2 Å². The minimum Gasteiger partial charge on any atom is -0.259 e. The van der Waals surface area contributed by atoms with Crippen LogP contribution in [0.4, 0.5) is 19.0 Å². The molecule has 0 bridgehead atoms. The Balaban J connectivity index is 1.76. The van der Waals surface area contributed by atoms with Crippen molar-refractivity contribution in [2.24, 2.45) is 5.10 Å². The summed E-state index contributed by atoms with van der Waals surface area (Å²) in [6.07, 6.45) is -1.28. The molecule has 0 aliphatic rings. The molecular formula is C16H11F3N4. The maximum Gasteiger partial charge on any atom is 0.416 e. The van der Waals surface area contributed by atoms with Crippen molar-refractivity contribution in [1.82, 2.24) is 10.2 Å². The number of benzene rings is 2. The van der Waals surface area contributed by atoms with Gasteiger partial charge < -0.3 is 0 Å². The molecule has 1 aromatic heterocycles. The van der Waals surface area contributed by atoms with E-state index in [1.807, 2.05) is 24.3 Å². The van der Waals surface area contributed by atoms with E-state index in [1.54, 1.807) is 6.20 Å². The highest BCUT2D eigenvalue weighted by atomic mass is 19.4. The molecule has 0 atom stereocenters. The first-order valence-corrected chi connectivity index (χ1v) is 6.71. The molecule has 0 amide bonds. The minimum absolute atomic E-state index is 0.478. The topological polar surface area (TPSA) is 50.2 Å². The van der Waals surface area contributed by atoms with E-state index >= 15 is 0 Å². The Morgan fingerprint density at radius 3 is 2.48 bits per heavy atom. The van der Waals surface area contributed by atoms with Crippen molar-refractivity contribution in [2.75, 3.05) is 5.43 Å². The van der Waals surface area contributed by atoms with E-state index in [0.29, 0.717) is 11.4 Å². The average molecular weight is 316 g/mol. The van der Waals surface area contributed by atoms with Crippen LogP contribution < -0.4 is 5.43 Å². The Hall–Kier alpha value is -2.96. The molecule has 1 N–H and O–H groups in total. The number of halogens is 3. The lowest BCUT2D eigenvalue weighted by atomic mass is 10.1. The third-order valence-corrected chi connectivity index (χ3v) is 3.19. The Morgan fingerprint density at radius 2 is 1.74 bits per heavy atom. The predicted molar refractivity (Wildman–Crippen MR) is 82.2 cm³/mol. The highest BCUT2D eigenvalue weighted by molar-refractivity contribution is 5.91. The van der Waals surface area contributed by atoms with Gasteiger partial charge in [0, 0.05) is 10.8 Å². The molecular weight excluding hydrogens is 305 g/mol. The summed E-state index contributed by atoms with van der Waals surface area (Å²) in [5.41, 5.74) is 2.60. The van der Waals surface area contributed by atoms with Crippen molar-refractivity contribution in [3.05, 3.63) is 65.9 Å². The summed E-state index contributed by atoms with van der Waals surface area (Å²) in [5.74, 6) is 0.478. The number of hydrogen-bond acceptors (Lipinski definition) is 4. The molecule has 4 nitrogen and oxygen atoms in total. The first kappa shape index (κ1) is 15.0. The molecule has 0 fully saturated rings. The van der Waals surface area contributed by atoms with E-state index in [0.717, 1.165) is 22.9 Å². The second-order valence-corrected chi connectivity index (χ2v) is 4.77. The van der Waals surface area contributed by atoms with Gasteiger partial charge in [-0.15, -0.1) is 5.10 Å². The number of anilines is 1. The van der Waals surface area contributed by atoms with Crippen LogP contribution in [0.1, 0.15) is 11.1 Å². The second kappa shape index (κ2) is 6.04. The number of fused-ring (bicyclic) bond motifs is 1. The molecule has 0 saturated heterocycles. The minimum atomic E-state index is -4.34. The molecule has 0 aliphatic carbocycles. The van der Waals surface area contributed by atoms with Gasteiger partial charge >= 0.3 is 6.18 Å². The molecule has 0 unspecified atom stereocenters. The quantitative estimate of drug-likeness (QED) is 0.585. The number of aromatic nitrogens is 2. The lowest BCUT2D eigenvalue weighted by molar-refractivity contribution is -0.137. The van der Waals surface area contributed by atoms with E-state index < -0.39 is 11.7 Å². The van der Waals surface area contributed by atoms with Gasteiger partial charge in [0.05, 0.1) is 18.0 Å². The molecule has 3 rings (SSSR count). The van der Waals surface area contributed by atoms with Crippen LogP contribution in [0, 0.1) is 0 Å². The summed E-state index contributed by atoms with van der Waals surface area (Å²) in [6.45, 7) is 0. The molecule has 0 aliphatic heterocycles. The summed E-state index contributed by atoms with van der Waals surface area (Å²) in [7, 11) is 0. The summed E-state index contributed by atoms with van der Waals surface area (Å²) in [4.78, 5) is 0. The van der Waals surface area contributed by atoms with Gasteiger partial charge in [-0.25, -0.2) is 0 Å². The van der Waals surface area contributed by atoms with Crippen molar-refractivity contribution in [1.29, 1.82) is 0 Å². The van der Waals surface area contributed by atoms with Gasteiger partial charge in [0.1, 0.15) is 0 Å². The third-order valence-electron chi connectivity index (χ3n) is 3.19. The van der Waals surface area contributed by atoms with Crippen molar-refractivity contribution >= 4 is 22.8 Å². The predicted octanol–water partition coefficient (Wildman–Crippen LogP) is 4.09. The third kappa shape index (κ3) is 3.45. The van der Waals surface area contributed by atoms with Gasteiger partial charge in [-0.05, 0) is 17.7 Å². The molecule has 1 heterocycles. The van der Waals surface area contributed by atoms with Gasteiger partial charge in [-0.2, -0.15) is 23.4 Å². The molecule has 0 spiro atoms. The molecule has 0 radical (unpaired) electrons. The highest BCUT2D eigenvalue weighted by Crippen LogP contribution is 2.28. The monoisotopic (exact) mass is 316 g/mol. The summed E-state index contributed by atoms with van der Waals surface area (Å²) < 4.78 is 37.4. The zero-order valence-corrected chi connectivity index (χ0v) is 11.7. The molecule has 3 aromatic rings. The van der Waals surface area contributed by atoms with Crippen LogP contribution in [0.2, 0.25) is 0 Å². The second-order valence-electron chi connectivity index (χ2n) is 4.77. The fourth-order valence-electron chi connectivity index (χ4n) is 2.04. The van der Waals surface area contributed by atoms with E-state index in [-0.39, 0.29) is 0 Å². The van der Waals surface area contributed by atoms with Gasteiger partial charge in [0.25, 0.3) is 0 Å². The number of hydrogen-bond donors (Lipinski definition) is 1. The zero-order valence-electron chi connectivity index (χ0n) is 11.7. The first-order valence-electron chi connectivity index (χ1n) is 6.71. The largest absolute Gasteiger partial charge is 0.416 e. The summed E-state index contributed by atoms with van der Waals surface area (Å²) in [5, 5.41) is 13.6. The number of nitrogens with zero attached hydrogens (tertiary/aromatic N) is 3. The van der Waals surface area contributed by atoms with Crippen LogP contribution in [0.25, 0.3) is 10.8 Å². The van der Waals surface area contributed by atoms with Crippen molar-refractivity contribution < 1.29 is 13.2 Å². The summed E-state index contributed by atoms with van der Waals surface area (Å²) >= 11 is 0. The first-order chi connectivity index (χ1) is 11.0. The number of rotatable bonds is 3. The maximum absolute atomic E-state index is 12.5. The smallest absolute Gasteiger partial charge is 0.259 e. The van der Waals surface area contributed by atoms with Crippen LogP contribution in [0.15, 0.2) is 59.8 Å². The normalized spacial score (nSPS) is 12.0. The SMILES string of the molecule is FC(F)(F)c1ccc(/C=N\Nc2nncc3ccccc23)cc1. The van der Waals surface area contributed by atoms with Crippen LogP contribution in [0.3, 0.4) is 0 Å². The van der Waals surface area contributed by atoms with Crippen LogP contribution in [-0.2, 0) is 6.18 Å². The number of hydrazone groups is 1. The standard InChI is InChI=1S/C16H11F3N4/c17-16(18,19)13-7-5-11(6-8-13)9-20-22-15-14-4-2-1-3-12(14)10-21-23-15/h1-10H,(H,22,23)/b20-9-.